The zero-order valence-electron chi connectivity index (χ0n) is 15.6. The van der Waals surface area contributed by atoms with Gasteiger partial charge >= 0.3 is 0 Å². The van der Waals surface area contributed by atoms with Crippen molar-refractivity contribution in [3.8, 4) is 5.75 Å². The topological polar surface area (TPSA) is 69.2 Å². The maximum absolute atomic E-state index is 13.3. The highest BCUT2D eigenvalue weighted by molar-refractivity contribution is 5.97. The number of imidazole rings is 1. The van der Waals surface area contributed by atoms with Gasteiger partial charge in [0.2, 0.25) is 0 Å². The number of aromatic amines is 1. The van der Waals surface area contributed by atoms with Gasteiger partial charge in [-0.3, -0.25) is 4.79 Å². The number of fused-ring (bicyclic) bond motifs is 5. The minimum absolute atomic E-state index is 0.0128. The molecule has 3 atom stereocenters. The van der Waals surface area contributed by atoms with Crippen LogP contribution in [0.5, 0.6) is 5.75 Å². The van der Waals surface area contributed by atoms with E-state index in [0.29, 0.717) is 17.2 Å². The Bertz CT molecular complexity index is 1060. The first-order valence-electron chi connectivity index (χ1n) is 9.54. The quantitative estimate of drug-likeness (QED) is 0.695. The highest BCUT2D eigenvalue weighted by atomic mass is 16.3. The van der Waals surface area contributed by atoms with Gasteiger partial charge in [0.15, 0.2) is 0 Å². The molecule has 1 amide bonds. The van der Waals surface area contributed by atoms with Gasteiger partial charge in [0, 0.05) is 18.2 Å². The summed E-state index contributed by atoms with van der Waals surface area (Å²) in [7, 11) is 0. The molecule has 27 heavy (non-hydrogen) atoms. The Hall–Kier alpha value is -2.82. The van der Waals surface area contributed by atoms with Gasteiger partial charge in [-0.2, -0.15) is 0 Å². The summed E-state index contributed by atoms with van der Waals surface area (Å²) in [6.45, 7) is 5.26. The fraction of sp³-hybridized carbons (Fsp3) is 0.364. The van der Waals surface area contributed by atoms with E-state index in [2.05, 4.69) is 28.7 Å². The molecule has 1 fully saturated rings. The summed E-state index contributed by atoms with van der Waals surface area (Å²) in [6, 6.07) is 11.5. The van der Waals surface area contributed by atoms with Crippen LogP contribution in [0.3, 0.4) is 0 Å². The zero-order chi connectivity index (χ0) is 18.8. The Kier molecular flexibility index (Phi) is 3.39. The van der Waals surface area contributed by atoms with Gasteiger partial charge in [0.05, 0.1) is 17.4 Å². The molecule has 2 bridgehead atoms. The predicted molar refractivity (Wildman–Crippen MR) is 104 cm³/mol. The monoisotopic (exact) mass is 361 g/mol. The number of H-pyrrole nitrogens is 1. The summed E-state index contributed by atoms with van der Waals surface area (Å²) in [6.07, 6.45) is 3.39. The van der Waals surface area contributed by atoms with E-state index in [-0.39, 0.29) is 17.4 Å². The third-order valence-electron chi connectivity index (χ3n) is 6.92. The highest BCUT2D eigenvalue weighted by Crippen LogP contribution is 2.49. The molecule has 1 saturated heterocycles. The summed E-state index contributed by atoms with van der Waals surface area (Å²) in [4.78, 5) is 22.7. The number of aromatic nitrogens is 2. The summed E-state index contributed by atoms with van der Waals surface area (Å²) in [5.74, 6) is 0.750. The van der Waals surface area contributed by atoms with Gasteiger partial charge < -0.3 is 15.0 Å². The number of benzene rings is 2. The molecule has 2 aromatic carbocycles. The number of phenolic OH excluding ortho intramolecular Hbond substituents is 1. The van der Waals surface area contributed by atoms with Gasteiger partial charge in [-0.05, 0) is 65.6 Å². The lowest BCUT2D eigenvalue weighted by molar-refractivity contribution is 0.0250. The number of carbonyl (C=O) groups is 1. The first kappa shape index (κ1) is 16.4. The summed E-state index contributed by atoms with van der Waals surface area (Å²) in [5.41, 5.74) is 4.95. The van der Waals surface area contributed by atoms with E-state index in [4.69, 9.17) is 0 Å². The number of amides is 1. The van der Waals surface area contributed by atoms with Gasteiger partial charge in [-0.25, -0.2) is 4.98 Å². The molecule has 0 spiro atoms. The Balaban J connectivity index is 1.52. The molecule has 2 unspecified atom stereocenters. The van der Waals surface area contributed by atoms with Crippen LogP contribution in [0.4, 0.5) is 0 Å². The molecule has 2 aliphatic rings. The normalized spacial score (nSPS) is 26.8. The number of nitrogens with one attached hydrogen (secondary N) is 1. The van der Waals surface area contributed by atoms with Crippen molar-refractivity contribution in [1.29, 1.82) is 0 Å². The van der Waals surface area contributed by atoms with Crippen molar-refractivity contribution in [2.45, 2.75) is 38.1 Å². The van der Waals surface area contributed by atoms with E-state index in [1.54, 1.807) is 12.4 Å². The molecule has 5 heteroatoms. The van der Waals surface area contributed by atoms with E-state index in [0.717, 1.165) is 30.4 Å². The summed E-state index contributed by atoms with van der Waals surface area (Å²) < 4.78 is 0. The van der Waals surface area contributed by atoms with Gasteiger partial charge in [0.25, 0.3) is 5.91 Å². The van der Waals surface area contributed by atoms with Crippen LogP contribution >= 0.6 is 0 Å². The number of phenols is 1. The number of hydrogen-bond donors (Lipinski definition) is 2. The first-order valence-corrected chi connectivity index (χ1v) is 9.54. The number of likely N-dealkylation sites (tertiary alicyclic amines) is 1. The molecular weight excluding hydrogens is 338 g/mol. The molecule has 2 N–H and O–H groups in total. The number of aromatic hydroxyl groups is 1. The third kappa shape index (κ3) is 2.30. The van der Waals surface area contributed by atoms with Crippen LogP contribution in [0.15, 0.2) is 42.7 Å². The van der Waals surface area contributed by atoms with Crippen LogP contribution in [-0.4, -0.2) is 38.5 Å². The Morgan fingerprint density at radius 1 is 1.30 bits per heavy atom. The maximum Gasteiger partial charge on any atom is 0.254 e. The Morgan fingerprint density at radius 2 is 2.15 bits per heavy atom. The average Bonchev–Trinajstić information content (AvgIpc) is 3.13. The molecule has 138 valence electrons. The largest absolute Gasteiger partial charge is 0.508 e. The van der Waals surface area contributed by atoms with Crippen molar-refractivity contribution in [2.75, 3.05) is 6.54 Å². The van der Waals surface area contributed by atoms with Crippen LogP contribution in [0.1, 0.15) is 41.8 Å². The number of hydrogen-bond acceptors (Lipinski definition) is 3. The Labute approximate surface area is 158 Å². The van der Waals surface area contributed by atoms with E-state index in [1.165, 1.54) is 11.1 Å². The van der Waals surface area contributed by atoms with Crippen LogP contribution in [0, 0.1) is 5.92 Å². The molecular formula is C22H23N3O2. The van der Waals surface area contributed by atoms with Crippen molar-refractivity contribution >= 4 is 16.9 Å². The second-order valence-corrected chi connectivity index (χ2v) is 8.20. The third-order valence-corrected chi connectivity index (χ3v) is 6.92. The van der Waals surface area contributed by atoms with Crippen molar-refractivity contribution in [3.63, 3.8) is 0 Å². The van der Waals surface area contributed by atoms with Gasteiger partial charge in [-0.15, -0.1) is 0 Å². The van der Waals surface area contributed by atoms with E-state index >= 15 is 0 Å². The lowest BCUT2D eigenvalue weighted by Crippen LogP contribution is -2.59. The van der Waals surface area contributed by atoms with Gasteiger partial charge in [0.1, 0.15) is 5.75 Å². The molecule has 1 aromatic heterocycles. The van der Waals surface area contributed by atoms with E-state index < -0.39 is 0 Å². The smallest absolute Gasteiger partial charge is 0.254 e. The minimum Gasteiger partial charge on any atom is -0.508 e. The van der Waals surface area contributed by atoms with Crippen LogP contribution in [0.25, 0.3) is 11.0 Å². The molecule has 0 saturated carbocycles. The summed E-state index contributed by atoms with van der Waals surface area (Å²) >= 11 is 0. The van der Waals surface area contributed by atoms with Crippen LogP contribution in [0.2, 0.25) is 0 Å². The molecule has 2 heterocycles. The fourth-order valence-corrected chi connectivity index (χ4v) is 5.09. The SMILES string of the molecule is CC1[C@H]2Cc3ccc(O)cc3C1(C)CCN2C(=O)c1ccc2nc[nH]c2c1. The lowest BCUT2D eigenvalue weighted by atomic mass is 9.59. The number of nitrogens with zero attached hydrogens (tertiary/aromatic N) is 2. The second kappa shape index (κ2) is 5.59. The number of rotatable bonds is 1. The van der Waals surface area contributed by atoms with Gasteiger partial charge in [-0.1, -0.05) is 19.9 Å². The van der Waals surface area contributed by atoms with Crippen molar-refractivity contribution in [2.24, 2.45) is 5.92 Å². The maximum atomic E-state index is 13.3. The minimum atomic E-state index is -0.0128. The fourth-order valence-electron chi connectivity index (χ4n) is 5.09. The van der Waals surface area contributed by atoms with Crippen molar-refractivity contribution in [3.05, 3.63) is 59.4 Å². The molecule has 1 aliphatic heterocycles. The van der Waals surface area contributed by atoms with Crippen molar-refractivity contribution in [1.82, 2.24) is 14.9 Å². The molecule has 1 aliphatic carbocycles. The highest BCUT2D eigenvalue weighted by Gasteiger charge is 2.49. The number of carbonyl (C=O) groups excluding carboxylic acids is 1. The standard InChI is InChI=1S/C22H23N3O2/c1-13-20-10-14-3-5-16(26)11-17(14)22(13,2)7-8-25(20)21(27)15-4-6-18-19(9-15)24-12-23-18/h3-6,9,11-13,20,26H,7-8,10H2,1-2H3,(H,23,24)/t13?,20-,22?/m1/s1. The molecule has 5 rings (SSSR count). The van der Waals surface area contributed by atoms with E-state index in [1.807, 2.05) is 30.3 Å². The van der Waals surface area contributed by atoms with Crippen LogP contribution in [-0.2, 0) is 11.8 Å². The number of piperidine rings is 1. The van der Waals surface area contributed by atoms with Crippen LogP contribution < -0.4 is 0 Å². The lowest BCUT2D eigenvalue weighted by Gasteiger charge is -2.54. The predicted octanol–water partition coefficient (Wildman–Crippen LogP) is 3.63. The zero-order valence-corrected chi connectivity index (χ0v) is 15.6. The molecule has 5 nitrogen and oxygen atoms in total. The molecule has 0 radical (unpaired) electrons. The van der Waals surface area contributed by atoms with E-state index in [9.17, 15) is 9.90 Å². The molecule has 3 aromatic rings. The average molecular weight is 361 g/mol. The first-order chi connectivity index (χ1) is 13.0. The summed E-state index contributed by atoms with van der Waals surface area (Å²) in [5, 5.41) is 9.97. The Morgan fingerprint density at radius 3 is 3.00 bits per heavy atom. The second-order valence-electron chi connectivity index (χ2n) is 8.20. The van der Waals surface area contributed by atoms with Crippen molar-refractivity contribution < 1.29 is 9.90 Å².